The van der Waals surface area contributed by atoms with E-state index in [0.29, 0.717) is 46.0 Å². The Hall–Kier alpha value is -5.12. The number of aromatic amines is 2. The van der Waals surface area contributed by atoms with Crippen molar-refractivity contribution in [1.82, 2.24) is 29.0 Å². The number of imidazole rings is 1. The van der Waals surface area contributed by atoms with Crippen LogP contribution in [0.2, 0.25) is 0 Å². The number of benzene rings is 3. The average molecular weight is 629 g/mol. The highest BCUT2D eigenvalue weighted by atomic mass is 16.5. The van der Waals surface area contributed by atoms with E-state index >= 15 is 0 Å². The smallest absolute Gasteiger partial charge is 0.326 e. The number of nitrogens with one attached hydrogen (secondary N) is 2. The summed E-state index contributed by atoms with van der Waals surface area (Å²) < 4.78 is 10.3. The van der Waals surface area contributed by atoms with E-state index in [9.17, 15) is 14.4 Å². The van der Waals surface area contributed by atoms with Gasteiger partial charge in [-0.05, 0) is 84.9 Å². The van der Waals surface area contributed by atoms with Crippen molar-refractivity contribution >= 4 is 38.7 Å². The second-order valence-electron chi connectivity index (χ2n) is 13.8. The molecule has 6 aromatic rings. The van der Waals surface area contributed by atoms with Crippen molar-refractivity contribution in [3.05, 3.63) is 81.0 Å². The standard InChI is InChI=1S/C37H36N6O4/c1-19-23-11-12-28(19)43(18-23)36(45)24-13-27-33(31(16-24)47-3)41(2)34(38-27)30-15-22-10-9-21(14-29(22)42(30)17-20-7-8-20)25-5-4-6-26-32(25)35(44)40-37(46)39-26/h4-6,9-10,13-16,19-20,23,28H,7-8,11-12,17-18H2,1-3H3,(H2,39,40,44,46)/t19-,23?,28?/m1/s1. The number of nitrogens with zero attached hydrogens (tertiary/aromatic N) is 4. The fraction of sp³-hybridized carbons (Fsp3) is 0.351. The molecule has 0 radical (unpaired) electrons. The lowest BCUT2D eigenvalue weighted by atomic mass is 10.0. The second-order valence-corrected chi connectivity index (χ2v) is 13.8. The molecule has 0 spiro atoms. The SMILES string of the molecule is COc1cc(C(=O)N2CC3CCC2[C@@H]3C)cc2nc(-c3cc4ccc(-c5cccc6[nH]c(=O)[nH]c(=O)c56)cc4n3CC3CC3)n(C)c12. The van der Waals surface area contributed by atoms with Gasteiger partial charge in [-0.25, -0.2) is 9.78 Å². The number of carbonyl (C=O) groups is 1. The summed E-state index contributed by atoms with van der Waals surface area (Å²) in [5, 5.41) is 1.52. The van der Waals surface area contributed by atoms with Crippen LogP contribution in [0.25, 0.3) is 55.5 Å². The van der Waals surface area contributed by atoms with Gasteiger partial charge in [0.1, 0.15) is 11.3 Å². The Bertz CT molecular complexity index is 2390. The molecule has 3 fully saturated rings. The van der Waals surface area contributed by atoms with Crippen LogP contribution in [0.15, 0.2) is 64.2 Å². The molecule has 3 aromatic carbocycles. The number of methoxy groups -OCH3 is 1. The molecule has 238 valence electrons. The van der Waals surface area contributed by atoms with E-state index in [1.54, 1.807) is 13.2 Å². The van der Waals surface area contributed by atoms with Crippen molar-refractivity contribution in [1.29, 1.82) is 0 Å². The maximum absolute atomic E-state index is 13.8. The largest absolute Gasteiger partial charge is 0.494 e. The summed E-state index contributed by atoms with van der Waals surface area (Å²) in [6.45, 7) is 3.95. The summed E-state index contributed by atoms with van der Waals surface area (Å²) in [6.07, 6.45) is 4.65. The van der Waals surface area contributed by atoms with E-state index in [1.165, 1.54) is 19.3 Å². The lowest BCUT2D eigenvalue weighted by Crippen LogP contribution is -2.38. The number of likely N-dealkylation sites (tertiary alicyclic amines) is 1. The molecule has 3 aromatic heterocycles. The van der Waals surface area contributed by atoms with Crippen LogP contribution in [0.3, 0.4) is 0 Å². The quantitative estimate of drug-likeness (QED) is 0.246. The van der Waals surface area contributed by atoms with Crippen LogP contribution in [0.4, 0.5) is 0 Å². The first-order chi connectivity index (χ1) is 22.8. The summed E-state index contributed by atoms with van der Waals surface area (Å²) in [6, 6.07) is 18.0. The highest BCUT2D eigenvalue weighted by molar-refractivity contribution is 6.01. The minimum Gasteiger partial charge on any atom is -0.494 e. The van der Waals surface area contributed by atoms with Gasteiger partial charge in [0.05, 0.1) is 29.2 Å². The fourth-order valence-electron chi connectivity index (χ4n) is 8.35. The third-order valence-electron chi connectivity index (χ3n) is 11.0. The van der Waals surface area contributed by atoms with Crippen LogP contribution in [0.5, 0.6) is 5.75 Å². The average Bonchev–Trinajstić information content (AvgIpc) is 3.47. The van der Waals surface area contributed by atoms with E-state index in [4.69, 9.17) is 9.72 Å². The number of aromatic nitrogens is 5. The molecule has 1 amide bonds. The zero-order valence-corrected chi connectivity index (χ0v) is 26.7. The molecule has 2 N–H and O–H groups in total. The van der Waals surface area contributed by atoms with Gasteiger partial charge in [-0.1, -0.05) is 31.2 Å². The fourth-order valence-corrected chi connectivity index (χ4v) is 8.35. The number of fused-ring (bicyclic) bond motifs is 5. The monoisotopic (exact) mass is 628 g/mol. The first-order valence-corrected chi connectivity index (χ1v) is 16.5. The van der Waals surface area contributed by atoms with Crippen molar-refractivity contribution in [2.75, 3.05) is 13.7 Å². The number of ether oxygens (including phenoxy) is 1. The summed E-state index contributed by atoms with van der Waals surface area (Å²) in [5.74, 6) is 3.22. The van der Waals surface area contributed by atoms with Gasteiger partial charge in [-0.2, -0.15) is 0 Å². The highest BCUT2D eigenvalue weighted by Crippen LogP contribution is 2.44. The van der Waals surface area contributed by atoms with Crippen molar-refractivity contribution < 1.29 is 9.53 Å². The molecule has 2 bridgehead atoms. The predicted molar refractivity (Wildman–Crippen MR) is 182 cm³/mol. The van der Waals surface area contributed by atoms with Crippen LogP contribution in [0.1, 0.15) is 43.0 Å². The van der Waals surface area contributed by atoms with Gasteiger partial charge in [-0.15, -0.1) is 0 Å². The number of carbonyl (C=O) groups excluding carboxylic acids is 1. The van der Waals surface area contributed by atoms with Gasteiger partial charge in [0.15, 0.2) is 5.82 Å². The lowest BCUT2D eigenvalue weighted by molar-refractivity contribution is 0.0696. The van der Waals surface area contributed by atoms with Gasteiger partial charge in [0.25, 0.3) is 11.5 Å². The van der Waals surface area contributed by atoms with Crippen molar-refractivity contribution in [3.8, 4) is 28.4 Å². The minimum absolute atomic E-state index is 0.0585. The van der Waals surface area contributed by atoms with Crippen LogP contribution in [0, 0.1) is 17.8 Å². The Kier molecular flexibility index (Phi) is 6.10. The van der Waals surface area contributed by atoms with Gasteiger partial charge in [-0.3, -0.25) is 14.6 Å². The van der Waals surface area contributed by atoms with Crippen LogP contribution < -0.4 is 16.0 Å². The Morgan fingerprint density at radius 1 is 1.02 bits per heavy atom. The molecule has 47 heavy (non-hydrogen) atoms. The number of H-pyrrole nitrogens is 2. The van der Waals surface area contributed by atoms with Gasteiger partial charge >= 0.3 is 5.69 Å². The molecule has 10 nitrogen and oxygen atoms in total. The normalized spacial score (nSPS) is 20.7. The Morgan fingerprint density at radius 3 is 2.62 bits per heavy atom. The van der Waals surface area contributed by atoms with E-state index < -0.39 is 11.2 Å². The first kappa shape index (κ1) is 28.1. The van der Waals surface area contributed by atoms with Crippen molar-refractivity contribution in [2.45, 2.75) is 45.2 Å². The third kappa shape index (κ3) is 4.30. The third-order valence-corrected chi connectivity index (χ3v) is 11.0. The van der Waals surface area contributed by atoms with E-state index in [-0.39, 0.29) is 5.91 Å². The van der Waals surface area contributed by atoms with Gasteiger partial charge in [0, 0.05) is 42.6 Å². The van der Waals surface area contributed by atoms with Crippen LogP contribution >= 0.6 is 0 Å². The molecule has 2 aliphatic carbocycles. The number of hydrogen-bond acceptors (Lipinski definition) is 5. The van der Waals surface area contributed by atoms with E-state index in [1.807, 2.05) is 37.4 Å². The summed E-state index contributed by atoms with van der Waals surface area (Å²) in [4.78, 5) is 51.0. The molecule has 3 atom stereocenters. The molecule has 10 heteroatoms. The van der Waals surface area contributed by atoms with Gasteiger partial charge in [0.2, 0.25) is 0 Å². The molecule has 1 aliphatic heterocycles. The summed E-state index contributed by atoms with van der Waals surface area (Å²) >= 11 is 0. The summed E-state index contributed by atoms with van der Waals surface area (Å²) in [5.41, 5.74) is 5.46. The maximum atomic E-state index is 13.8. The van der Waals surface area contributed by atoms with E-state index in [0.717, 1.165) is 64.1 Å². The topological polar surface area (TPSA) is 118 Å². The molecule has 9 rings (SSSR count). The van der Waals surface area contributed by atoms with Gasteiger partial charge < -0.3 is 23.8 Å². The predicted octanol–water partition coefficient (Wildman–Crippen LogP) is 5.68. The highest BCUT2D eigenvalue weighted by Gasteiger charge is 2.46. The zero-order valence-electron chi connectivity index (χ0n) is 26.7. The Labute approximate surface area is 270 Å². The molecule has 1 saturated heterocycles. The Balaban J connectivity index is 1.18. The lowest BCUT2D eigenvalue weighted by Gasteiger charge is -2.27. The van der Waals surface area contributed by atoms with Crippen molar-refractivity contribution in [3.63, 3.8) is 0 Å². The van der Waals surface area contributed by atoms with Crippen LogP contribution in [-0.4, -0.2) is 54.6 Å². The minimum atomic E-state index is -0.522. The van der Waals surface area contributed by atoms with Crippen molar-refractivity contribution in [2.24, 2.45) is 24.8 Å². The molecular formula is C37H36N6O4. The molecule has 2 unspecified atom stereocenters. The molecular weight excluding hydrogens is 592 g/mol. The molecule has 3 aliphatic rings. The summed E-state index contributed by atoms with van der Waals surface area (Å²) in [7, 11) is 3.65. The first-order valence-electron chi connectivity index (χ1n) is 16.5. The number of amides is 1. The Morgan fingerprint density at radius 2 is 1.87 bits per heavy atom. The molecule has 4 heterocycles. The number of aryl methyl sites for hydroxylation is 1. The molecule has 2 saturated carbocycles. The van der Waals surface area contributed by atoms with E-state index in [2.05, 4.69) is 49.1 Å². The number of rotatable bonds is 6. The van der Waals surface area contributed by atoms with Crippen LogP contribution in [-0.2, 0) is 13.6 Å². The number of piperidine rings is 1. The maximum Gasteiger partial charge on any atom is 0.326 e. The second kappa shape index (κ2) is 10.2. The zero-order chi connectivity index (χ0) is 32.1. The number of hydrogen-bond donors (Lipinski definition) is 2.